The number of hydrogen-bond donors (Lipinski definition) is 1. The molecule has 0 atom stereocenters. The van der Waals surface area contributed by atoms with Gasteiger partial charge < -0.3 is 5.73 Å². The average Bonchev–Trinajstić information content (AvgIpc) is 2.76. The Kier molecular flexibility index (Phi) is 4.06. The first-order valence-electron chi connectivity index (χ1n) is 6.91. The molecular weight excluding hydrogens is 266 g/mol. The van der Waals surface area contributed by atoms with Gasteiger partial charge in [0, 0.05) is 25.3 Å². The van der Waals surface area contributed by atoms with Gasteiger partial charge in [0.15, 0.2) is 5.82 Å². The Hall–Kier alpha value is -1.53. The predicted molar refractivity (Wildman–Crippen MR) is 69.5 cm³/mol. The van der Waals surface area contributed by atoms with E-state index in [1.807, 2.05) is 13.8 Å². The van der Waals surface area contributed by atoms with E-state index in [0.29, 0.717) is 25.1 Å². The van der Waals surface area contributed by atoms with Crippen LogP contribution < -0.4 is 5.73 Å². The van der Waals surface area contributed by atoms with Crippen LogP contribution in [0.5, 0.6) is 0 Å². The van der Waals surface area contributed by atoms with Crippen molar-refractivity contribution in [2.75, 3.05) is 0 Å². The van der Waals surface area contributed by atoms with E-state index in [-0.39, 0.29) is 30.6 Å². The maximum absolute atomic E-state index is 13.1. The summed E-state index contributed by atoms with van der Waals surface area (Å²) in [5, 5.41) is 4.28. The van der Waals surface area contributed by atoms with Crippen LogP contribution in [0.3, 0.4) is 0 Å². The van der Waals surface area contributed by atoms with Gasteiger partial charge in [0.05, 0.1) is 0 Å². The Balaban J connectivity index is 2.07. The second kappa shape index (κ2) is 5.46. The van der Waals surface area contributed by atoms with Gasteiger partial charge in [-0.25, -0.2) is 18.4 Å². The number of halogens is 2. The average molecular weight is 286 g/mol. The largest absolute Gasteiger partial charge is 0.363 e. The lowest BCUT2D eigenvalue weighted by Crippen LogP contribution is -2.25. The quantitative estimate of drug-likeness (QED) is 0.923. The van der Waals surface area contributed by atoms with Gasteiger partial charge >= 0.3 is 0 Å². The van der Waals surface area contributed by atoms with E-state index in [1.165, 1.54) is 4.68 Å². The number of nitrogens with two attached hydrogens (primary N) is 1. The molecule has 0 radical (unpaired) electrons. The second-order valence-corrected chi connectivity index (χ2v) is 5.76. The van der Waals surface area contributed by atoms with Gasteiger partial charge in [-0.2, -0.15) is 5.10 Å². The first-order valence-corrected chi connectivity index (χ1v) is 6.91. The van der Waals surface area contributed by atoms with Gasteiger partial charge in [-0.05, 0) is 32.6 Å². The second-order valence-electron chi connectivity index (χ2n) is 5.76. The monoisotopic (exact) mass is 286 g/mol. The van der Waals surface area contributed by atoms with Gasteiger partial charge in [0.1, 0.15) is 0 Å². The zero-order valence-corrected chi connectivity index (χ0v) is 11.8. The van der Waals surface area contributed by atoms with Crippen molar-refractivity contribution in [2.24, 2.45) is 11.7 Å². The summed E-state index contributed by atoms with van der Waals surface area (Å²) in [7, 11) is 0. The highest BCUT2D eigenvalue weighted by atomic mass is 19.3. The Bertz CT molecular complexity index is 489. The highest BCUT2D eigenvalue weighted by Crippen LogP contribution is 2.37. The summed E-state index contributed by atoms with van der Waals surface area (Å²) in [6, 6.07) is -0.0190. The van der Waals surface area contributed by atoms with Crippen molar-refractivity contribution in [1.82, 2.24) is 14.8 Å². The highest BCUT2D eigenvalue weighted by Gasteiger charge is 2.35. The van der Waals surface area contributed by atoms with Crippen LogP contribution in [-0.4, -0.2) is 26.6 Å². The number of hydrogen-bond acceptors (Lipinski definition) is 3. The first kappa shape index (κ1) is 14.9. The molecule has 20 heavy (non-hydrogen) atoms. The lowest BCUT2D eigenvalue weighted by Gasteiger charge is -2.27. The molecule has 5 nitrogen and oxygen atoms in total. The van der Waals surface area contributed by atoms with Gasteiger partial charge in [0.2, 0.25) is 11.7 Å². The van der Waals surface area contributed by atoms with Crippen molar-refractivity contribution in [3.63, 3.8) is 0 Å². The smallest absolute Gasteiger partial charge is 0.286 e. The molecule has 2 N–H and O–H groups in total. The van der Waals surface area contributed by atoms with Crippen LogP contribution in [0.2, 0.25) is 0 Å². The number of carbonyl (C=O) groups excluding carboxylic acids is 1. The van der Waals surface area contributed by atoms with Crippen LogP contribution in [0.15, 0.2) is 0 Å². The Morgan fingerprint density at radius 3 is 2.50 bits per heavy atom. The maximum Gasteiger partial charge on any atom is 0.286 e. The number of nitrogens with zero attached hydrogens (tertiary/aromatic N) is 3. The fraction of sp³-hybridized carbons (Fsp3) is 0.769. The molecule has 0 spiro atoms. The molecule has 112 valence electrons. The van der Waals surface area contributed by atoms with Crippen LogP contribution >= 0.6 is 0 Å². The molecule has 0 unspecified atom stereocenters. The van der Waals surface area contributed by atoms with Gasteiger partial charge in [-0.3, -0.25) is 4.79 Å². The first-order chi connectivity index (χ1) is 9.28. The van der Waals surface area contributed by atoms with Crippen LogP contribution in [-0.2, 0) is 6.42 Å². The third-order valence-electron chi connectivity index (χ3n) is 3.69. The lowest BCUT2D eigenvalue weighted by molar-refractivity contribution is -0.0458. The minimum absolute atomic E-state index is 0.0190. The number of alkyl halides is 2. The topological polar surface area (TPSA) is 73.8 Å². The van der Waals surface area contributed by atoms with E-state index in [4.69, 9.17) is 5.73 Å². The summed E-state index contributed by atoms with van der Waals surface area (Å²) in [6.45, 7) is 3.76. The molecular formula is C13H20F2N4O. The normalized spacial score (nSPS) is 19.4. The van der Waals surface area contributed by atoms with Crippen LogP contribution in [0.1, 0.15) is 62.0 Å². The van der Waals surface area contributed by atoms with E-state index < -0.39 is 11.8 Å². The van der Waals surface area contributed by atoms with Gasteiger partial charge in [0.25, 0.3) is 5.91 Å². The predicted octanol–water partition coefficient (Wildman–Crippen LogP) is 2.33. The third kappa shape index (κ3) is 3.32. The number of carbonyl (C=O) groups is 1. The Labute approximate surface area is 116 Å². The zero-order valence-electron chi connectivity index (χ0n) is 11.8. The van der Waals surface area contributed by atoms with Crippen LogP contribution in [0.4, 0.5) is 8.78 Å². The molecule has 1 aliphatic carbocycles. The summed E-state index contributed by atoms with van der Waals surface area (Å²) in [4.78, 5) is 15.5. The van der Waals surface area contributed by atoms with E-state index >= 15 is 0 Å². The summed E-state index contributed by atoms with van der Waals surface area (Å²) in [5.41, 5.74) is 5.27. The number of primary amides is 1. The number of aromatic nitrogens is 3. The third-order valence-corrected chi connectivity index (χ3v) is 3.69. The van der Waals surface area contributed by atoms with Gasteiger partial charge in [-0.1, -0.05) is 0 Å². The minimum Gasteiger partial charge on any atom is -0.363 e. The van der Waals surface area contributed by atoms with Crippen molar-refractivity contribution in [3.8, 4) is 0 Å². The van der Waals surface area contributed by atoms with E-state index in [0.717, 1.165) is 0 Å². The molecule has 0 saturated heterocycles. The number of rotatable bonds is 4. The van der Waals surface area contributed by atoms with Gasteiger partial charge in [-0.15, -0.1) is 0 Å². The molecule has 1 aromatic heterocycles. The molecule has 0 aromatic carbocycles. The molecule has 1 amide bonds. The SMILES string of the molecule is CC(C)n1nc(CC2CCC(F)(F)CC2)nc1C(N)=O. The molecule has 0 bridgehead atoms. The molecule has 0 aliphatic heterocycles. The standard InChI is InChI=1S/C13H20F2N4O/c1-8(2)19-12(11(16)20)17-10(18-19)7-9-3-5-13(14,15)6-4-9/h8-9H,3-7H2,1-2H3,(H2,16,20). The van der Waals surface area contributed by atoms with Crippen molar-refractivity contribution in [2.45, 2.75) is 57.9 Å². The Morgan fingerprint density at radius 2 is 2.05 bits per heavy atom. The molecule has 1 saturated carbocycles. The minimum atomic E-state index is -2.53. The fourth-order valence-corrected chi connectivity index (χ4v) is 2.54. The summed E-state index contributed by atoms with van der Waals surface area (Å²) >= 11 is 0. The molecule has 2 rings (SSSR count). The van der Waals surface area contributed by atoms with E-state index in [9.17, 15) is 13.6 Å². The van der Waals surface area contributed by atoms with Crippen LogP contribution in [0, 0.1) is 5.92 Å². The lowest BCUT2D eigenvalue weighted by atomic mass is 9.85. The summed E-state index contributed by atoms with van der Waals surface area (Å²) in [5.74, 6) is -2.34. The molecule has 1 aromatic rings. The summed E-state index contributed by atoms with van der Waals surface area (Å²) < 4.78 is 27.7. The number of amides is 1. The molecule has 1 aliphatic rings. The summed E-state index contributed by atoms with van der Waals surface area (Å²) in [6.07, 6.45) is 1.30. The van der Waals surface area contributed by atoms with E-state index in [1.54, 1.807) is 0 Å². The van der Waals surface area contributed by atoms with Crippen molar-refractivity contribution >= 4 is 5.91 Å². The van der Waals surface area contributed by atoms with Crippen molar-refractivity contribution in [1.29, 1.82) is 0 Å². The van der Waals surface area contributed by atoms with Crippen molar-refractivity contribution in [3.05, 3.63) is 11.6 Å². The zero-order chi connectivity index (χ0) is 14.9. The fourth-order valence-electron chi connectivity index (χ4n) is 2.54. The molecule has 7 heteroatoms. The molecule has 1 heterocycles. The highest BCUT2D eigenvalue weighted by molar-refractivity contribution is 5.89. The molecule has 1 fully saturated rings. The van der Waals surface area contributed by atoms with Crippen molar-refractivity contribution < 1.29 is 13.6 Å². The maximum atomic E-state index is 13.1. The van der Waals surface area contributed by atoms with E-state index in [2.05, 4.69) is 10.1 Å². The Morgan fingerprint density at radius 1 is 1.45 bits per heavy atom. The van der Waals surface area contributed by atoms with Crippen LogP contribution in [0.25, 0.3) is 0 Å².